The summed E-state index contributed by atoms with van der Waals surface area (Å²) in [5, 5.41) is -0.327. The first-order chi connectivity index (χ1) is 7.16. The van der Waals surface area contributed by atoms with Gasteiger partial charge in [-0.1, -0.05) is 15.9 Å². The summed E-state index contributed by atoms with van der Waals surface area (Å²) in [4.78, 5) is 11.2. The van der Waals surface area contributed by atoms with Crippen LogP contribution in [0.25, 0.3) is 0 Å². The van der Waals surface area contributed by atoms with Crippen molar-refractivity contribution in [2.75, 3.05) is 5.33 Å². The molecule has 0 spiro atoms. The Morgan fingerprint density at radius 2 is 1.81 bits per heavy atom. The third kappa shape index (κ3) is 9.07. The molecule has 0 unspecified atom stereocenters. The van der Waals surface area contributed by atoms with Gasteiger partial charge in [0.25, 0.3) is 5.92 Å². The van der Waals surface area contributed by atoms with Crippen molar-refractivity contribution in [1.82, 2.24) is 0 Å². The Kier molecular flexibility index (Phi) is 6.44. The molecule has 2 nitrogen and oxygen atoms in total. The Morgan fingerprint density at radius 1 is 1.25 bits per heavy atom. The van der Waals surface area contributed by atoms with Gasteiger partial charge in [0.05, 0.1) is 5.33 Å². The second-order valence-corrected chi connectivity index (χ2v) is 5.34. The van der Waals surface area contributed by atoms with Gasteiger partial charge < -0.3 is 4.74 Å². The molecule has 0 atom stereocenters. The van der Waals surface area contributed by atoms with Crippen LogP contribution in [0.2, 0.25) is 0 Å². The lowest BCUT2D eigenvalue weighted by Crippen LogP contribution is -2.23. The summed E-state index contributed by atoms with van der Waals surface area (Å²) in [6, 6.07) is 0. The van der Waals surface area contributed by atoms with Crippen LogP contribution in [0.3, 0.4) is 0 Å². The van der Waals surface area contributed by atoms with Gasteiger partial charge in [-0.25, -0.2) is 8.78 Å². The van der Waals surface area contributed by atoms with Crippen LogP contribution in [0.15, 0.2) is 0 Å². The Labute approximate surface area is 104 Å². The second kappa shape index (κ2) is 6.52. The molecule has 16 heavy (non-hydrogen) atoms. The molecule has 0 radical (unpaired) electrons. The smallest absolute Gasteiger partial charge is 0.306 e. The molecule has 0 aromatic rings. The summed E-state index contributed by atoms with van der Waals surface area (Å²) in [5.41, 5.74) is -0.503. The fourth-order valence-corrected chi connectivity index (χ4v) is 1.39. The fourth-order valence-electron chi connectivity index (χ4n) is 1.11. The third-order valence-corrected chi connectivity index (χ3v) is 2.61. The van der Waals surface area contributed by atoms with Crippen molar-refractivity contribution in [3.8, 4) is 0 Å². The molecular formula is C11H19BrF2O2. The first-order valence-electron chi connectivity index (χ1n) is 5.32. The molecule has 0 N–H and O–H groups in total. The van der Waals surface area contributed by atoms with E-state index in [2.05, 4.69) is 15.9 Å². The fraction of sp³-hybridized carbons (Fsp3) is 0.909. The van der Waals surface area contributed by atoms with Gasteiger partial charge in [-0.3, -0.25) is 4.79 Å². The van der Waals surface area contributed by atoms with Crippen molar-refractivity contribution in [3.05, 3.63) is 0 Å². The molecule has 0 rings (SSSR count). The molecule has 0 saturated carbocycles. The third-order valence-electron chi connectivity index (χ3n) is 1.79. The van der Waals surface area contributed by atoms with Gasteiger partial charge in [0.15, 0.2) is 0 Å². The zero-order valence-corrected chi connectivity index (χ0v) is 11.6. The normalized spacial score (nSPS) is 12.6. The van der Waals surface area contributed by atoms with Crippen LogP contribution in [-0.2, 0) is 9.53 Å². The Hall–Kier alpha value is -0.190. The lowest BCUT2D eigenvalue weighted by atomic mass is 10.1. The van der Waals surface area contributed by atoms with Gasteiger partial charge in [-0.15, -0.1) is 0 Å². The van der Waals surface area contributed by atoms with E-state index in [0.29, 0.717) is 12.8 Å². The van der Waals surface area contributed by atoms with Gasteiger partial charge in [0.1, 0.15) is 5.60 Å². The molecule has 0 aliphatic carbocycles. The minimum atomic E-state index is -2.67. The van der Waals surface area contributed by atoms with E-state index in [-0.39, 0.29) is 24.1 Å². The number of alkyl halides is 3. The summed E-state index contributed by atoms with van der Waals surface area (Å²) < 4.78 is 30.6. The number of rotatable bonds is 6. The minimum absolute atomic E-state index is 0.193. The number of hydrogen-bond donors (Lipinski definition) is 0. The summed E-state index contributed by atoms with van der Waals surface area (Å²) in [5.74, 6) is -3.00. The summed E-state index contributed by atoms with van der Waals surface area (Å²) in [6.45, 7) is 5.34. The molecule has 0 heterocycles. The number of esters is 1. The maximum atomic E-state index is 12.8. The lowest BCUT2D eigenvalue weighted by molar-refractivity contribution is -0.155. The number of halogens is 3. The van der Waals surface area contributed by atoms with Crippen molar-refractivity contribution in [3.63, 3.8) is 0 Å². The predicted octanol–water partition coefficient (Wildman–Crippen LogP) is 3.92. The van der Waals surface area contributed by atoms with Crippen molar-refractivity contribution in [2.45, 2.75) is 58.0 Å². The molecule has 0 amide bonds. The highest BCUT2D eigenvalue weighted by atomic mass is 79.9. The van der Waals surface area contributed by atoms with E-state index in [1.165, 1.54) is 0 Å². The molecule has 0 fully saturated rings. The first-order valence-corrected chi connectivity index (χ1v) is 6.44. The largest absolute Gasteiger partial charge is 0.460 e. The van der Waals surface area contributed by atoms with Gasteiger partial charge in [-0.05, 0) is 33.6 Å². The Bertz CT molecular complexity index is 225. The minimum Gasteiger partial charge on any atom is -0.460 e. The zero-order valence-electron chi connectivity index (χ0n) is 9.99. The van der Waals surface area contributed by atoms with Crippen LogP contribution < -0.4 is 0 Å². The summed E-state index contributed by atoms with van der Waals surface area (Å²) in [6.07, 6.45) is 0.784. The quantitative estimate of drug-likeness (QED) is 0.422. The highest BCUT2D eigenvalue weighted by Gasteiger charge is 2.26. The SMILES string of the molecule is CC(C)(C)OC(=O)CCCCC(F)(F)CBr. The average molecular weight is 301 g/mol. The van der Waals surface area contributed by atoms with E-state index < -0.39 is 11.5 Å². The summed E-state index contributed by atoms with van der Waals surface area (Å²) >= 11 is 2.75. The van der Waals surface area contributed by atoms with Gasteiger partial charge in [0.2, 0.25) is 0 Å². The molecule has 0 aliphatic rings. The van der Waals surface area contributed by atoms with Gasteiger partial charge in [0, 0.05) is 12.8 Å². The number of ether oxygens (including phenoxy) is 1. The molecule has 5 heteroatoms. The standard InChI is InChI=1S/C11H19BrF2O2/c1-10(2,3)16-9(15)6-4-5-7-11(13,14)8-12/h4-8H2,1-3H3. The van der Waals surface area contributed by atoms with Gasteiger partial charge >= 0.3 is 5.97 Å². The predicted molar refractivity (Wildman–Crippen MR) is 63.1 cm³/mol. The lowest BCUT2D eigenvalue weighted by Gasteiger charge is -2.19. The summed E-state index contributed by atoms with van der Waals surface area (Å²) in [7, 11) is 0. The Balaban J connectivity index is 3.64. The molecule has 0 saturated heterocycles. The first kappa shape index (κ1) is 15.8. The maximum Gasteiger partial charge on any atom is 0.306 e. The molecule has 0 aromatic carbocycles. The van der Waals surface area contributed by atoms with Crippen molar-refractivity contribution < 1.29 is 18.3 Å². The average Bonchev–Trinajstić information content (AvgIpc) is 2.10. The number of carbonyl (C=O) groups is 1. The molecule has 0 aromatic heterocycles. The Morgan fingerprint density at radius 3 is 2.25 bits per heavy atom. The van der Waals surface area contributed by atoms with Crippen LogP contribution in [-0.4, -0.2) is 22.8 Å². The highest BCUT2D eigenvalue weighted by molar-refractivity contribution is 9.09. The number of hydrogen-bond acceptors (Lipinski definition) is 2. The van der Waals surface area contributed by atoms with Crippen LogP contribution in [0.1, 0.15) is 46.5 Å². The molecule has 0 aliphatic heterocycles. The van der Waals surface area contributed by atoms with Crippen LogP contribution in [0, 0.1) is 0 Å². The molecule has 96 valence electrons. The van der Waals surface area contributed by atoms with Crippen molar-refractivity contribution >= 4 is 21.9 Å². The van der Waals surface area contributed by atoms with Crippen LogP contribution >= 0.6 is 15.9 Å². The number of carbonyl (C=O) groups excluding carboxylic acids is 1. The maximum absolute atomic E-state index is 12.8. The van der Waals surface area contributed by atoms with Crippen molar-refractivity contribution in [2.24, 2.45) is 0 Å². The molecule has 0 bridgehead atoms. The van der Waals surface area contributed by atoms with E-state index in [1.54, 1.807) is 20.8 Å². The van der Waals surface area contributed by atoms with E-state index in [0.717, 1.165) is 0 Å². The topological polar surface area (TPSA) is 26.3 Å². The van der Waals surface area contributed by atoms with Gasteiger partial charge in [-0.2, -0.15) is 0 Å². The van der Waals surface area contributed by atoms with E-state index in [4.69, 9.17) is 4.74 Å². The van der Waals surface area contributed by atoms with Crippen LogP contribution in [0.4, 0.5) is 8.78 Å². The van der Waals surface area contributed by atoms with Crippen molar-refractivity contribution in [1.29, 1.82) is 0 Å². The number of unbranched alkanes of at least 4 members (excludes halogenated alkanes) is 1. The molecular weight excluding hydrogens is 282 g/mol. The monoisotopic (exact) mass is 300 g/mol. The van der Waals surface area contributed by atoms with Crippen LogP contribution in [0.5, 0.6) is 0 Å². The van der Waals surface area contributed by atoms with E-state index >= 15 is 0 Å². The highest BCUT2D eigenvalue weighted by Crippen LogP contribution is 2.24. The second-order valence-electron chi connectivity index (χ2n) is 4.78. The van der Waals surface area contributed by atoms with E-state index in [1.807, 2.05) is 0 Å². The zero-order chi connectivity index (χ0) is 12.8. The van der Waals surface area contributed by atoms with E-state index in [9.17, 15) is 13.6 Å².